The van der Waals surface area contributed by atoms with E-state index in [-0.39, 0.29) is 16.8 Å². The predicted molar refractivity (Wildman–Crippen MR) is 151 cm³/mol. The van der Waals surface area contributed by atoms with Crippen LogP contribution in [0.3, 0.4) is 0 Å². The zero-order valence-corrected chi connectivity index (χ0v) is 23.5. The first-order valence-corrected chi connectivity index (χ1v) is 13.0. The number of imide groups is 2. The van der Waals surface area contributed by atoms with Crippen molar-refractivity contribution >= 4 is 51.5 Å². The number of hydrogen-bond acceptors (Lipinski definition) is 6. The first-order chi connectivity index (χ1) is 18.6. The highest BCUT2D eigenvalue weighted by Crippen LogP contribution is 2.33. The van der Waals surface area contributed by atoms with Crippen molar-refractivity contribution in [1.29, 1.82) is 0 Å². The van der Waals surface area contributed by atoms with Gasteiger partial charge in [-0.15, -0.1) is 0 Å². The van der Waals surface area contributed by atoms with Crippen LogP contribution in [0, 0.1) is 13.8 Å². The number of hydrogen-bond donors (Lipinski definition) is 1. The number of nitrogens with zero attached hydrogens (tertiary/aromatic N) is 1. The number of rotatable bonds is 7. The maximum Gasteiger partial charge on any atom is 0.337 e. The van der Waals surface area contributed by atoms with Crippen LogP contribution in [0.4, 0.5) is 10.5 Å². The Morgan fingerprint density at radius 2 is 1.67 bits per heavy atom. The molecule has 39 heavy (non-hydrogen) atoms. The standard InChI is InChI=1S/C30H27BrN2O6/c1-5-39-26-16-20(15-25(31)23(26)13-19-11-17(2)10-18(3)12-19)14-24-27(34)32-30(37)33(28(24)35)22-8-6-21(7-9-22)29(36)38-4/h6-12,14-16H,5,13H2,1-4H3,(H,32,34,37)/b24-14+. The van der Waals surface area contributed by atoms with Crippen molar-refractivity contribution < 1.29 is 28.7 Å². The Morgan fingerprint density at radius 3 is 2.28 bits per heavy atom. The van der Waals surface area contributed by atoms with Crippen LogP contribution < -0.4 is 15.0 Å². The summed E-state index contributed by atoms with van der Waals surface area (Å²) in [5, 5.41) is 2.21. The van der Waals surface area contributed by atoms with Gasteiger partial charge in [0, 0.05) is 16.5 Å². The lowest BCUT2D eigenvalue weighted by Gasteiger charge is -2.26. The number of benzene rings is 3. The summed E-state index contributed by atoms with van der Waals surface area (Å²) >= 11 is 3.64. The first-order valence-electron chi connectivity index (χ1n) is 12.2. The third kappa shape index (κ3) is 6.09. The summed E-state index contributed by atoms with van der Waals surface area (Å²) in [6, 6.07) is 14.8. The van der Waals surface area contributed by atoms with Crippen LogP contribution in [0.15, 0.2) is 64.6 Å². The predicted octanol–water partition coefficient (Wildman–Crippen LogP) is 5.51. The maximum atomic E-state index is 13.3. The van der Waals surface area contributed by atoms with Crippen molar-refractivity contribution in [2.75, 3.05) is 18.6 Å². The van der Waals surface area contributed by atoms with Crippen LogP contribution in [0.5, 0.6) is 5.75 Å². The molecule has 1 saturated heterocycles. The number of methoxy groups -OCH3 is 1. The van der Waals surface area contributed by atoms with E-state index in [2.05, 4.69) is 58.0 Å². The van der Waals surface area contributed by atoms with E-state index in [1.807, 2.05) is 6.92 Å². The zero-order valence-electron chi connectivity index (χ0n) is 22.0. The number of aryl methyl sites for hydroxylation is 2. The minimum Gasteiger partial charge on any atom is -0.494 e. The number of nitrogens with one attached hydrogen (secondary N) is 1. The van der Waals surface area contributed by atoms with Crippen LogP contribution in [0.2, 0.25) is 0 Å². The lowest BCUT2D eigenvalue weighted by molar-refractivity contribution is -0.122. The van der Waals surface area contributed by atoms with Crippen LogP contribution in [-0.2, 0) is 20.7 Å². The lowest BCUT2D eigenvalue weighted by Crippen LogP contribution is -2.54. The molecule has 1 aliphatic rings. The Bertz CT molecular complexity index is 1490. The fourth-order valence-corrected chi connectivity index (χ4v) is 5.07. The fourth-order valence-electron chi connectivity index (χ4n) is 4.47. The summed E-state index contributed by atoms with van der Waals surface area (Å²) in [5.74, 6) is -1.53. The molecule has 0 saturated carbocycles. The molecule has 8 nitrogen and oxygen atoms in total. The number of barbiturate groups is 1. The Hall–Kier alpha value is -4.24. The second kappa shape index (κ2) is 11.7. The van der Waals surface area contributed by atoms with E-state index in [9.17, 15) is 19.2 Å². The summed E-state index contributed by atoms with van der Waals surface area (Å²) in [6.45, 7) is 6.42. The van der Waals surface area contributed by atoms with E-state index < -0.39 is 23.8 Å². The molecule has 0 unspecified atom stereocenters. The molecule has 0 aliphatic carbocycles. The van der Waals surface area contributed by atoms with Gasteiger partial charge in [-0.1, -0.05) is 45.3 Å². The fraction of sp³-hybridized carbons (Fsp3) is 0.200. The van der Waals surface area contributed by atoms with Gasteiger partial charge in [0.05, 0.1) is 25.0 Å². The normalized spacial score (nSPS) is 14.4. The quantitative estimate of drug-likeness (QED) is 0.221. The van der Waals surface area contributed by atoms with Crippen molar-refractivity contribution in [3.05, 3.63) is 98.0 Å². The highest BCUT2D eigenvalue weighted by molar-refractivity contribution is 9.10. The van der Waals surface area contributed by atoms with Gasteiger partial charge in [0.2, 0.25) is 0 Å². The van der Waals surface area contributed by atoms with Gasteiger partial charge in [0.25, 0.3) is 11.8 Å². The summed E-state index contributed by atoms with van der Waals surface area (Å²) in [4.78, 5) is 51.2. The Morgan fingerprint density at radius 1 is 1.00 bits per heavy atom. The van der Waals surface area contributed by atoms with Gasteiger partial charge in [0.15, 0.2) is 0 Å². The van der Waals surface area contributed by atoms with Crippen molar-refractivity contribution in [1.82, 2.24) is 5.32 Å². The average molecular weight is 591 g/mol. The lowest BCUT2D eigenvalue weighted by atomic mass is 9.98. The molecule has 3 aromatic carbocycles. The number of ether oxygens (including phenoxy) is 2. The molecular formula is C30H27BrN2O6. The molecule has 4 amide bonds. The molecule has 0 bridgehead atoms. The molecule has 3 aromatic rings. The Labute approximate surface area is 234 Å². The summed E-state index contributed by atoms with van der Waals surface area (Å²) in [6.07, 6.45) is 2.05. The molecule has 1 N–H and O–H groups in total. The number of urea groups is 1. The van der Waals surface area contributed by atoms with Crippen LogP contribution >= 0.6 is 15.9 Å². The summed E-state index contributed by atoms with van der Waals surface area (Å²) in [7, 11) is 1.26. The van der Waals surface area contributed by atoms with Gasteiger partial charge in [0.1, 0.15) is 11.3 Å². The van der Waals surface area contributed by atoms with Crippen molar-refractivity contribution in [3.8, 4) is 5.75 Å². The zero-order chi connectivity index (χ0) is 28.3. The Kier molecular flexibility index (Phi) is 8.30. The van der Waals surface area contributed by atoms with Crippen LogP contribution in [-0.4, -0.2) is 37.5 Å². The minimum atomic E-state index is -0.882. The number of carbonyl (C=O) groups is 4. The summed E-state index contributed by atoms with van der Waals surface area (Å²) in [5.41, 5.74) is 5.19. The number of amides is 4. The van der Waals surface area contributed by atoms with Gasteiger partial charge in [-0.25, -0.2) is 14.5 Å². The smallest absolute Gasteiger partial charge is 0.337 e. The molecular weight excluding hydrogens is 564 g/mol. The highest BCUT2D eigenvalue weighted by atomic mass is 79.9. The molecule has 4 rings (SSSR count). The van der Waals surface area contributed by atoms with Gasteiger partial charge >= 0.3 is 12.0 Å². The second-order valence-electron chi connectivity index (χ2n) is 9.08. The van der Waals surface area contributed by atoms with E-state index in [4.69, 9.17) is 4.74 Å². The maximum absolute atomic E-state index is 13.3. The van der Waals surface area contributed by atoms with E-state index in [1.54, 1.807) is 12.1 Å². The van der Waals surface area contributed by atoms with Crippen LogP contribution in [0.25, 0.3) is 6.08 Å². The molecule has 1 heterocycles. The van der Waals surface area contributed by atoms with Crippen molar-refractivity contribution in [2.45, 2.75) is 27.2 Å². The van der Waals surface area contributed by atoms with Gasteiger partial charge in [-0.2, -0.15) is 0 Å². The topological polar surface area (TPSA) is 102 Å². The van der Waals surface area contributed by atoms with Crippen molar-refractivity contribution in [2.24, 2.45) is 0 Å². The van der Waals surface area contributed by atoms with Crippen LogP contribution in [0.1, 0.15) is 45.1 Å². The monoisotopic (exact) mass is 590 g/mol. The number of esters is 1. The second-order valence-corrected chi connectivity index (χ2v) is 9.94. The molecule has 0 spiro atoms. The molecule has 9 heteroatoms. The molecule has 1 aliphatic heterocycles. The average Bonchev–Trinajstić information content (AvgIpc) is 2.88. The number of halogens is 1. The van der Waals surface area contributed by atoms with E-state index in [0.29, 0.717) is 24.3 Å². The minimum absolute atomic E-state index is 0.198. The van der Waals surface area contributed by atoms with E-state index in [1.165, 1.54) is 48.6 Å². The third-order valence-corrected chi connectivity index (χ3v) is 6.81. The summed E-state index contributed by atoms with van der Waals surface area (Å²) < 4.78 is 11.4. The highest BCUT2D eigenvalue weighted by Gasteiger charge is 2.37. The van der Waals surface area contributed by atoms with E-state index in [0.717, 1.165) is 20.5 Å². The molecule has 0 aromatic heterocycles. The molecule has 1 fully saturated rings. The first kappa shape index (κ1) is 27.8. The SMILES string of the molecule is CCOc1cc(/C=C2\C(=O)NC(=O)N(c3ccc(C(=O)OC)cc3)C2=O)cc(Br)c1Cc1cc(C)cc(C)c1. The van der Waals surface area contributed by atoms with Gasteiger partial charge < -0.3 is 9.47 Å². The van der Waals surface area contributed by atoms with Gasteiger partial charge in [-0.3, -0.25) is 14.9 Å². The van der Waals surface area contributed by atoms with Gasteiger partial charge in [-0.05, 0) is 74.4 Å². The Balaban J connectivity index is 1.69. The molecule has 200 valence electrons. The largest absolute Gasteiger partial charge is 0.494 e. The third-order valence-electron chi connectivity index (χ3n) is 6.10. The molecule has 0 atom stereocenters. The van der Waals surface area contributed by atoms with Crippen molar-refractivity contribution in [3.63, 3.8) is 0 Å². The molecule has 0 radical (unpaired) electrons. The van der Waals surface area contributed by atoms with E-state index >= 15 is 0 Å². The number of anilines is 1. The number of carbonyl (C=O) groups excluding carboxylic acids is 4.